The van der Waals surface area contributed by atoms with Gasteiger partial charge in [0.15, 0.2) is 0 Å². The van der Waals surface area contributed by atoms with E-state index in [0.29, 0.717) is 25.7 Å². The quantitative estimate of drug-likeness (QED) is 0.789. The summed E-state index contributed by atoms with van der Waals surface area (Å²) in [6.07, 6.45) is 1.72. The molecule has 0 atom stereocenters. The van der Waals surface area contributed by atoms with Crippen LogP contribution in [0, 0.1) is 12.8 Å². The van der Waals surface area contributed by atoms with E-state index < -0.39 is 15.6 Å². The molecule has 6 nitrogen and oxygen atoms in total. The lowest BCUT2D eigenvalue weighted by Gasteiger charge is -2.35. The molecule has 1 aliphatic carbocycles. The van der Waals surface area contributed by atoms with Gasteiger partial charge in [0, 0.05) is 6.54 Å². The number of ether oxygens (including phenoxy) is 1. The Hall–Kier alpha value is -1.44. The first-order chi connectivity index (χ1) is 10.8. The SMILES string of the molecule is COC(=O)C1CCC(O)(CNS(=O)(=O)c2ccc(C)cc2)CC1. The van der Waals surface area contributed by atoms with E-state index in [2.05, 4.69) is 4.72 Å². The second-order valence-corrected chi connectivity index (χ2v) is 7.93. The van der Waals surface area contributed by atoms with Gasteiger partial charge in [-0.3, -0.25) is 4.79 Å². The van der Waals surface area contributed by atoms with Gasteiger partial charge in [-0.2, -0.15) is 0 Å². The van der Waals surface area contributed by atoms with Crippen LogP contribution in [0.25, 0.3) is 0 Å². The third-order valence-electron chi connectivity index (χ3n) is 4.37. The van der Waals surface area contributed by atoms with Crippen LogP contribution in [0.4, 0.5) is 0 Å². The van der Waals surface area contributed by atoms with Gasteiger partial charge in [-0.05, 0) is 44.7 Å². The maximum absolute atomic E-state index is 12.3. The highest BCUT2D eigenvalue weighted by Crippen LogP contribution is 2.32. The number of hydrogen-bond donors (Lipinski definition) is 2. The number of esters is 1. The second-order valence-electron chi connectivity index (χ2n) is 6.16. The molecule has 23 heavy (non-hydrogen) atoms. The minimum atomic E-state index is -3.65. The van der Waals surface area contributed by atoms with E-state index in [4.69, 9.17) is 4.74 Å². The van der Waals surface area contributed by atoms with E-state index in [0.717, 1.165) is 5.56 Å². The van der Waals surface area contributed by atoms with Crippen LogP contribution in [-0.4, -0.2) is 38.7 Å². The molecule has 7 heteroatoms. The lowest BCUT2D eigenvalue weighted by Crippen LogP contribution is -2.46. The molecule has 1 aromatic rings. The van der Waals surface area contributed by atoms with Crippen molar-refractivity contribution in [1.82, 2.24) is 4.72 Å². The molecule has 1 saturated carbocycles. The van der Waals surface area contributed by atoms with E-state index in [1.54, 1.807) is 12.1 Å². The summed E-state index contributed by atoms with van der Waals surface area (Å²) in [5, 5.41) is 10.5. The third-order valence-corrected chi connectivity index (χ3v) is 5.79. The summed E-state index contributed by atoms with van der Waals surface area (Å²) in [4.78, 5) is 11.7. The number of methoxy groups -OCH3 is 1. The van der Waals surface area contributed by atoms with E-state index in [9.17, 15) is 18.3 Å². The van der Waals surface area contributed by atoms with Gasteiger partial charge < -0.3 is 9.84 Å². The largest absolute Gasteiger partial charge is 0.469 e. The normalized spacial score (nSPS) is 25.1. The number of nitrogens with one attached hydrogen (secondary N) is 1. The standard InChI is InChI=1S/C16H23NO5S/c1-12-3-5-14(6-4-12)23(20,21)17-11-16(19)9-7-13(8-10-16)15(18)22-2/h3-6,13,17,19H,7-11H2,1-2H3. The lowest BCUT2D eigenvalue weighted by molar-refractivity contribution is -0.148. The molecule has 2 rings (SSSR count). The van der Waals surface area contributed by atoms with Gasteiger partial charge >= 0.3 is 5.97 Å². The highest BCUT2D eigenvalue weighted by Gasteiger charge is 2.37. The number of benzene rings is 1. The van der Waals surface area contributed by atoms with Crippen molar-refractivity contribution in [2.45, 2.75) is 43.1 Å². The van der Waals surface area contributed by atoms with Crippen molar-refractivity contribution >= 4 is 16.0 Å². The summed E-state index contributed by atoms with van der Waals surface area (Å²) in [7, 11) is -2.30. The molecule has 0 spiro atoms. The fourth-order valence-electron chi connectivity index (χ4n) is 2.76. The van der Waals surface area contributed by atoms with E-state index in [-0.39, 0.29) is 23.3 Å². The van der Waals surface area contributed by atoms with Crippen LogP contribution in [0.3, 0.4) is 0 Å². The van der Waals surface area contributed by atoms with Gasteiger partial charge in [0.1, 0.15) is 0 Å². The van der Waals surface area contributed by atoms with Crippen molar-refractivity contribution in [3.05, 3.63) is 29.8 Å². The molecule has 0 bridgehead atoms. The molecule has 1 aliphatic rings. The second kappa shape index (κ2) is 6.98. The molecule has 1 aromatic carbocycles. The van der Waals surface area contributed by atoms with Crippen LogP contribution in [0.15, 0.2) is 29.2 Å². The number of carbonyl (C=O) groups is 1. The average Bonchev–Trinajstić information content (AvgIpc) is 2.54. The Morgan fingerprint density at radius 2 is 1.87 bits per heavy atom. The molecule has 2 N–H and O–H groups in total. The summed E-state index contributed by atoms with van der Waals surface area (Å²) in [6.45, 7) is 1.82. The average molecular weight is 341 g/mol. The predicted octanol–water partition coefficient (Wildman–Crippen LogP) is 1.37. The van der Waals surface area contributed by atoms with E-state index in [1.165, 1.54) is 19.2 Å². The smallest absolute Gasteiger partial charge is 0.308 e. The first-order valence-electron chi connectivity index (χ1n) is 7.62. The summed E-state index contributed by atoms with van der Waals surface area (Å²) in [6, 6.07) is 6.53. The Morgan fingerprint density at radius 1 is 1.30 bits per heavy atom. The zero-order chi connectivity index (χ0) is 17.1. The summed E-state index contributed by atoms with van der Waals surface area (Å²) < 4.78 is 31.7. The molecule has 1 fully saturated rings. The fourth-order valence-corrected chi connectivity index (χ4v) is 3.88. The Bertz CT molecular complexity index is 646. The van der Waals surface area contributed by atoms with Gasteiger partial charge in [0.25, 0.3) is 0 Å². The molecule has 0 heterocycles. The van der Waals surface area contributed by atoms with Gasteiger partial charge in [0.2, 0.25) is 10.0 Å². The Morgan fingerprint density at radius 3 is 2.39 bits per heavy atom. The Labute approximate surface area is 136 Å². The molecular weight excluding hydrogens is 318 g/mol. The first-order valence-corrected chi connectivity index (χ1v) is 9.11. The summed E-state index contributed by atoms with van der Waals surface area (Å²) >= 11 is 0. The minimum Gasteiger partial charge on any atom is -0.469 e. The molecule has 0 radical (unpaired) electrons. The maximum atomic E-state index is 12.3. The highest BCUT2D eigenvalue weighted by molar-refractivity contribution is 7.89. The maximum Gasteiger partial charge on any atom is 0.308 e. The summed E-state index contributed by atoms with van der Waals surface area (Å²) in [5.41, 5.74) is -0.147. The Balaban J connectivity index is 1.95. The molecule has 0 saturated heterocycles. The first kappa shape index (κ1) is 17.9. The summed E-state index contributed by atoms with van der Waals surface area (Å²) in [5.74, 6) is -0.485. The van der Waals surface area contributed by atoms with Crippen LogP contribution in [-0.2, 0) is 19.6 Å². The molecule has 0 aliphatic heterocycles. The van der Waals surface area contributed by atoms with Crippen molar-refractivity contribution in [2.75, 3.05) is 13.7 Å². The van der Waals surface area contributed by atoms with Gasteiger partial charge in [0.05, 0.1) is 23.5 Å². The van der Waals surface area contributed by atoms with Gasteiger partial charge in [-0.25, -0.2) is 13.1 Å². The number of hydrogen-bond acceptors (Lipinski definition) is 5. The third kappa shape index (κ3) is 4.53. The number of carbonyl (C=O) groups excluding carboxylic acids is 1. The molecule has 0 aromatic heterocycles. The number of aryl methyl sites for hydroxylation is 1. The van der Waals surface area contributed by atoms with Gasteiger partial charge in [-0.15, -0.1) is 0 Å². The van der Waals surface area contributed by atoms with Crippen molar-refractivity contribution in [1.29, 1.82) is 0 Å². The van der Waals surface area contributed by atoms with Crippen LogP contribution < -0.4 is 4.72 Å². The topological polar surface area (TPSA) is 92.7 Å². The zero-order valence-corrected chi connectivity index (χ0v) is 14.2. The molecular formula is C16H23NO5S. The van der Waals surface area contributed by atoms with Crippen LogP contribution in [0.2, 0.25) is 0 Å². The highest BCUT2D eigenvalue weighted by atomic mass is 32.2. The van der Waals surface area contributed by atoms with Gasteiger partial charge in [-0.1, -0.05) is 17.7 Å². The van der Waals surface area contributed by atoms with Crippen LogP contribution in [0.1, 0.15) is 31.2 Å². The Kier molecular flexibility index (Phi) is 5.44. The van der Waals surface area contributed by atoms with Crippen molar-refractivity contribution in [3.8, 4) is 0 Å². The van der Waals surface area contributed by atoms with Crippen molar-refractivity contribution in [2.24, 2.45) is 5.92 Å². The monoisotopic (exact) mass is 341 g/mol. The van der Waals surface area contributed by atoms with Crippen molar-refractivity contribution < 1.29 is 23.1 Å². The van der Waals surface area contributed by atoms with Crippen molar-refractivity contribution in [3.63, 3.8) is 0 Å². The fraction of sp³-hybridized carbons (Fsp3) is 0.562. The number of sulfonamides is 1. The number of aliphatic hydroxyl groups is 1. The minimum absolute atomic E-state index is 0.0584. The predicted molar refractivity (Wildman–Crippen MR) is 85.3 cm³/mol. The van der Waals surface area contributed by atoms with E-state index in [1.807, 2.05) is 6.92 Å². The van der Waals surface area contributed by atoms with Crippen LogP contribution >= 0.6 is 0 Å². The van der Waals surface area contributed by atoms with Crippen LogP contribution in [0.5, 0.6) is 0 Å². The number of rotatable bonds is 5. The van der Waals surface area contributed by atoms with E-state index >= 15 is 0 Å². The molecule has 0 amide bonds. The lowest BCUT2D eigenvalue weighted by atomic mass is 9.79. The molecule has 0 unspecified atom stereocenters. The zero-order valence-electron chi connectivity index (χ0n) is 13.4. The molecule has 128 valence electrons.